The van der Waals surface area contributed by atoms with Crippen molar-refractivity contribution in [2.24, 2.45) is 10.7 Å². The van der Waals surface area contributed by atoms with Crippen molar-refractivity contribution in [3.63, 3.8) is 0 Å². The molecule has 25 heavy (non-hydrogen) atoms. The van der Waals surface area contributed by atoms with Crippen LogP contribution in [-0.2, 0) is 12.8 Å². The number of nitrogens with one attached hydrogen (secondary N) is 2. The maximum atomic E-state index is 7.47. The fraction of sp³-hybridized carbons (Fsp3) is 0.263. The molecule has 0 bridgehead atoms. The molecule has 0 amide bonds. The SMILES string of the molecule is CN(CCc1ccccc1)C(=NCCc1ccccc1)NC(=N)N.Cl. The first-order valence-electron chi connectivity index (χ1n) is 8.09. The predicted octanol–water partition coefficient (Wildman–Crippen LogP) is 2.66. The minimum Gasteiger partial charge on any atom is -0.370 e. The average Bonchev–Trinajstić information content (AvgIpc) is 2.60. The Balaban J connectivity index is 0.00000312. The summed E-state index contributed by atoms with van der Waals surface area (Å²) in [5.74, 6) is 0.536. The van der Waals surface area contributed by atoms with E-state index in [1.165, 1.54) is 11.1 Å². The summed E-state index contributed by atoms with van der Waals surface area (Å²) in [5, 5.41) is 10.3. The second-order valence-corrected chi connectivity index (χ2v) is 5.64. The van der Waals surface area contributed by atoms with Crippen LogP contribution in [0.1, 0.15) is 11.1 Å². The number of nitrogens with zero attached hydrogens (tertiary/aromatic N) is 2. The topological polar surface area (TPSA) is 77.5 Å². The molecule has 0 aromatic heterocycles. The molecule has 2 rings (SSSR count). The summed E-state index contributed by atoms with van der Waals surface area (Å²) in [6.07, 6.45) is 1.77. The van der Waals surface area contributed by atoms with Crippen molar-refractivity contribution in [1.29, 1.82) is 5.41 Å². The van der Waals surface area contributed by atoms with E-state index in [2.05, 4.69) is 34.6 Å². The monoisotopic (exact) mass is 359 g/mol. The first-order chi connectivity index (χ1) is 11.6. The zero-order chi connectivity index (χ0) is 17.2. The lowest BCUT2D eigenvalue weighted by atomic mass is 10.1. The highest BCUT2D eigenvalue weighted by Crippen LogP contribution is 2.02. The van der Waals surface area contributed by atoms with E-state index in [9.17, 15) is 0 Å². The van der Waals surface area contributed by atoms with Gasteiger partial charge in [-0.3, -0.25) is 15.7 Å². The number of hydrogen-bond donors (Lipinski definition) is 3. The standard InChI is InChI=1S/C19H25N5.ClH/c1-24(15-13-17-10-6-3-7-11-17)19(23-18(20)21)22-14-12-16-8-4-2-5-9-16;/h2-11H,12-15H2,1H3,(H4,20,21,22,23);1H. The summed E-state index contributed by atoms with van der Waals surface area (Å²) in [6.45, 7) is 1.45. The van der Waals surface area contributed by atoms with E-state index in [-0.39, 0.29) is 18.4 Å². The fourth-order valence-electron chi connectivity index (χ4n) is 2.36. The van der Waals surface area contributed by atoms with Crippen LogP contribution in [0.25, 0.3) is 0 Å². The molecule has 2 aromatic carbocycles. The maximum absolute atomic E-state index is 7.47. The highest BCUT2D eigenvalue weighted by atomic mass is 35.5. The Bertz CT molecular complexity index is 658. The molecule has 0 heterocycles. The van der Waals surface area contributed by atoms with Gasteiger partial charge in [-0.25, -0.2) is 0 Å². The normalized spacial score (nSPS) is 10.7. The van der Waals surface area contributed by atoms with Gasteiger partial charge in [-0.2, -0.15) is 0 Å². The van der Waals surface area contributed by atoms with E-state index in [1.807, 2.05) is 48.3 Å². The first-order valence-corrected chi connectivity index (χ1v) is 8.09. The van der Waals surface area contributed by atoms with E-state index >= 15 is 0 Å². The number of halogens is 1. The number of rotatable bonds is 6. The first kappa shape index (κ1) is 20.5. The van der Waals surface area contributed by atoms with Crippen LogP contribution in [0.15, 0.2) is 65.7 Å². The Morgan fingerprint density at radius 1 is 1.00 bits per heavy atom. The third kappa shape index (κ3) is 7.72. The van der Waals surface area contributed by atoms with E-state index in [4.69, 9.17) is 11.1 Å². The Morgan fingerprint density at radius 2 is 1.52 bits per heavy atom. The maximum Gasteiger partial charge on any atom is 0.200 e. The van der Waals surface area contributed by atoms with E-state index in [0.717, 1.165) is 19.4 Å². The Kier molecular flexibility index (Phi) is 9.11. The molecule has 0 spiro atoms. The van der Waals surface area contributed by atoms with E-state index < -0.39 is 0 Å². The Morgan fingerprint density at radius 3 is 2.04 bits per heavy atom. The summed E-state index contributed by atoms with van der Waals surface area (Å²) in [6, 6.07) is 20.6. The molecule has 0 fully saturated rings. The minimum atomic E-state index is -0.0972. The number of aliphatic imine (C=N–C) groups is 1. The highest BCUT2D eigenvalue weighted by Gasteiger charge is 2.07. The van der Waals surface area contributed by atoms with Gasteiger partial charge in [-0.1, -0.05) is 60.7 Å². The van der Waals surface area contributed by atoms with Crippen LogP contribution in [0.2, 0.25) is 0 Å². The summed E-state index contributed by atoms with van der Waals surface area (Å²) in [7, 11) is 1.96. The summed E-state index contributed by atoms with van der Waals surface area (Å²) >= 11 is 0. The number of guanidine groups is 2. The summed E-state index contributed by atoms with van der Waals surface area (Å²) in [4.78, 5) is 6.58. The molecule has 0 aliphatic carbocycles. The Hall–Kier alpha value is -2.53. The van der Waals surface area contributed by atoms with Crippen LogP contribution in [-0.4, -0.2) is 37.0 Å². The lowest BCUT2D eigenvalue weighted by Crippen LogP contribution is -2.45. The van der Waals surface area contributed by atoms with Gasteiger partial charge in [0.2, 0.25) is 5.96 Å². The number of nitrogens with two attached hydrogens (primary N) is 1. The van der Waals surface area contributed by atoms with Gasteiger partial charge in [-0.05, 0) is 24.0 Å². The second-order valence-electron chi connectivity index (χ2n) is 5.64. The predicted molar refractivity (Wildman–Crippen MR) is 108 cm³/mol. The van der Waals surface area contributed by atoms with Crippen LogP contribution < -0.4 is 11.1 Å². The van der Waals surface area contributed by atoms with Crippen LogP contribution in [0.5, 0.6) is 0 Å². The molecule has 0 saturated heterocycles. The highest BCUT2D eigenvalue weighted by molar-refractivity contribution is 5.96. The smallest absolute Gasteiger partial charge is 0.200 e. The molecule has 0 saturated carbocycles. The van der Waals surface area contributed by atoms with Crippen LogP contribution in [0.4, 0.5) is 0 Å². The lowest BCUT2D eigenvalue weighted by Gasteiger charge is -2.22. The van der Waals surface area contributed by atoms with E-state index in [0.29, 0.717) is 12.5 Å². The van der Waals surface area contributed by atoms with E-state index in [1.54, 1.807) is 0 Å². The summed E-state index contributed by atoms with van der Waals surface area (Å²) < 4.78 is 0. The van der Waals surface area contributed by atoms with Gasteiger partial charge in [0.05, 0.1) is 0 Å². The van der Waals surface area contributed by atoms with Crippen molar-refractivity contribution in [1.82, 2.24) is 10.2 Å². The molecule has 0 atom stereocenters. The number of hydrogen-bond acceptors (Lipinski definition) is 2. The fourth-order valence-corrected chi connectivity index (χ4v) is 2.36. The third-order valence-electron chi connectivity index (χ3n) is 3.69. The lowest BCUT2D eigenvalue weighted by molar-refractivity contribution is 0.493. The molecule has 4 N–H and O–H groups in total. The van der Waals surface area contributed by atoms with Crippen molar-refractivity contribution in [2.45, 2.75) is 12.8 Å². The number of benzene rings is 2. The molecule has 2 aromatic rings. The molecular weight excluding hydrogens is 334 g/mol. The molecule has 0 unspecified atom stereocenters. The van der Waals surface area contributed by atoms with Crippen molar-refractivity contribution in [3.05, 3.63) is 71.8 Å². The van der Waals surface area contributed by atoms with Gasteiger partial charge in [-0.15, -0.1) is 12.4 Å². The number of likely N-dealkylation sites (N-methyl/N-ethyl adjacent to an activating group) is 1. The largest absolute Gasteiger partial charge is 0.370 e. The quantitative estimate of drug-likeness (QED) is 0.548. The van der Waals surface area contributed by atoms with Gasteiger partial charge < -0.3 is 10.6 Å². The van der Waals surface area contributed by atoms with Crippen molar-refractivity contribution < 1.29 is 0 Å². The molecule has 0 aliphatic rings. The summed E-state index contributed by atoms with van der Waals surface area (Å²) in [5.41, 5.74) is 8.01. The van der Waals surface area contributed by atoms with Gasteiger partial charge in [0.25, 0.3) is 0 Å². The molecule has 134 valence electrons. The third-order valence-corrected chi connectivity index (χ3v) is 3.69. The zero-order valence-corrected chi connectivity index (χ0v) is 15.3. The second kappa shape index (κ2) is 11.1. The van der Waals surface area contributed by atoms with Crippen molar-refractivity contribution >= 4 is 24.3 Å². The van der Waals surface area contributed by atoms with Gasteiger partial charge >= 0.3 is 0 Å². The average molecular weight is 360 g/mol. The minimum absolute atomic E-state index is 0. The van der Waals surface area contributed by atoms with Gasteiger partial charge in [0.15, 0.2) is 5.96 Å². The molecule has 0 radical (unpaired) electrons. The van der Waals surface area contributed by atoms with Gasteiger partial charge in [0, 0.05) is 20.1 Å². The van der Waals surface area contributed by atoms with Crippen molar-refractivity contribution in [2.75, 3.05) is 20.1 Å². The molecule has 0 aliphatic heterocycles. The molecule has 6 heteroatoms. The van der Waals surface area contributed by atoms with Crippen LogP contribution in [0.3, 0.4) is 0 Å². The van der Waals surface area contributed by atoms with Gasteiger partial charge in [0.1, 0.15) is 0 Å². The molecule has 5 nitrogen and oxygen atoms in total. The van der Waals surface area contributed by atoms with Crippen molar-refractivity contribution in [3.8, 4) is 0 Å². The Labute approximate surface area is 155 Å². The zero-order valence-electron chi connectivity index (χ0n) is 14.5. The van der Waals surface area contributed by atoms with Crippen LogP contribution >= 0.6 is 12.4 Å². The molecular formula is C19H26ClN5. The van der Waals surface area contributed by atoms with Crippen LogP contribution in [0, 0.1) is 5.41 Å².